The molecule has 0 aliphatic rings. The van der Waals surface area contributed by atoms with E-state index < -0.39 is 0 Å². The van der Waals surface area contributed by atoms with Gasteiger partial charge in [-0.15, -0.1) is 0 Å². The Morgan fingerprint density at radius 1 is 1.14 bits per heavy atom. The molecule has 0 saturated heterocycles. The molecular formula is C21H18ClN5O2. The van der Waals surface area contributed by atoms with E-state index in [2.05, 4.69) is 20.4 Å². The van der Waals surface area contributed by atoms with Crippen molar-refractivity contribution < 1.29 is 4.79 Å². The van der Waals surface area contributed by atoms with Gasteiger partial charge in [-0.25, -0.2) is 9.67 Å². The average molecular weight is 408 g/mol. The number of hydrogen-bond acceptors (Lipinski definition) is 4. The predicted molar refractivity (Wildman–Crippen MR) is 111 cm³/mol. The number of fused-ring (bicyclic) bond motifs is 1. The van der Waals surface area contributed by atoms with Crippen LogP contribution in [0, 0.1) is 0 Å². The maximum Gasteiger partial charge on any atom is 0.262 e. The van der Waals surface area contributed by atoms with Gasteiger partial charge in [0.05, 0.1) is 11.9 Å². The fourth-order valence-corrected chi connectivity index (χ4v) is 3.22. The molecule has 4 rings (SSSR count). The minimum Gasteiger partial charge on any atom is -0.352 e. The first-order valence-electron chi connectivity index (χ1n) is 9.13. The minimum absolute atomic E-state index is 0.135. The van der Waals surface area contributed by atoms with E-state index in [0.29, 0.717) is 34.8 Å². The van der Waals surface area contributed by atoms with E-state index in [-0.39, 0.29) is 17.9 Å². The van der Waals surface area contributed by atoms with Crippen LogP contribution in [0.3, 0.4) is 0 Å². The van der Waals surface area contributed by atoms with Crippen LogP contribution in [-0.4, -0.2) is 25.7 Å². The van der Waals surface area contributed by atoms with Gasteiger partial charge in [0.15, 0.2) is 5.65 Å². The average Bonchev–Trinajstić information content (AvgIpc) is 3.16. The quantitative estimate of drug-likeness (QED) is 0.514. The van der Waals surface area contributed by atoms with Gasteiger partial charge in [-0.1, -0.05) is 41.9 Å². The van der Waals surface area contributed by atoms with Crippen molar-refractivity contribution in [2.75, 3.05) is 0 Å². The van der Waals surface area contributed by atoms with Gasteiger partial charge in [0, 0.05) is 24.4 Å². The van der Waals surface area contributed by atoms with Gasteiger partial charge in [-0.05, 0) is 29.8 Å². The summed E-state index contributed by atoms with van der Waals surface area (Å²) in [6.07, 6.45) is 2.01. The number of aromatic nitrogens is 4. The lowest BCUT2D eigenvalue weighted by molar-refractivity contribution is -0.121. The number of carbonyl (C=O) groups is 1. The molecule has 8 heteroatoms. The molecule has 0 spiro atoms. The number of amides is 1. The van der Waals surface area contributed by atoms with Gasteiger partial charge in [0.2, 0.25) is 5.91 Å². The molecular weight excluding hydrogens is 390 g/mol. The van der Waals surface area contributed by atoms with Crippen LogP contribution in [0.25, 0.3) is 16.7 Å². The normalized spacial score (nSPS) is 10.9. The molecule has 7 nitrogen and oxygen atoms in total. The lowest BCUT2D eigenvalue weighted by atomic mass is 10.2. The molecule has 0 unspecified atom stereocenters. The Bertz CT molecular complexity index is 1220. The number of hydrogen-bond donors (Lipinski definition) is 2. The molecule has 4 aromatic rings. The zero-order valence-electron chi connectivity index (χ0n) is 15.4. The summed E-state index contributed by atoms with van der Waals surface area (Å²) in [4.78, 5) is 31.8. The largest absolute Gasteiger partial charge is 0.352 e. The molecule has 0 atom stereocenters. The summed E-state index contributed by atoms with van der Waals surface area (Å²) in [6.45, 7) is 0.392. The van der Waals surface area contributed by atoms with E-state index in [4.69, 9.17) is 11.6 Å². The number of H-pyrrole nitrogens is 1. The summed E-state index contributed by atoms with van der Waals surface area (Å²) in [5, 5.41) is 8.15. The first-order chi connectivity index (χ1) is 14.1. The van der Waals surface area contributed by atoms with Crippen molar-refractivity contribution in [2.24, 2.45) is 0 Å². The summed E-state index contributed by atoms with van der Waals surface area (Å²) >= 11 is 5.95. The minimum atomic E-state index is -0.272. The molecule has 146 valence electrons. The second-order valence-corrected chi connectivity index (χ2v) is 6.98. The number of rotatable bonds is 6. The van der Waals surface area contributed by atoms with Crippen LogP contribution < -0.4 is 10.9 Å². The first kappa shape index (κ1) is 18.9. The summed E-state index contributed by atoms with van der Waals surface area (Å²) in [7, 11) is 0. The smallest absolute Gasteiger partial charge is 0.262 e. The molecule has 2 N–H and O–H groups in total. The van der Waals surface area contributed by atoms with Gasteiger partial charge in [0.25, 0.3) is 5.56 Å². The van der Waals surface area contributed by atoms with Crippen molar-refractivity contribution in [1.29, 1.82) is 0 Å². The van der Waals surface area contributed by atoms with Crippen LogP contribution in [0.15, 0.2) is 65.6 Å². The van der Waals surface area contributed by atoms with Crippen molar-refractivity contribution in [3.8, 4) is 5.69 Å². The second kappa shape index (κ2) is 8.28. The number of halogens is 1. The number of nitrogens with zero attached hydrogens (tertiary/aromatic N) is 3. The Morgan fingerprint density at radius 2 is 1.97 bits per heavy atom. The Labute approximate surface area is 171 Å². The third kappa shape index (κ3) is 4.35. The van der Waals surface area contributed by atoms with Crippen molar-refractivity contribution in [1.82, 2.24) is 25.1 Å². The first-order valence-corrected chi connectivity index (χ1v) is 9.51. The standard InChI is InChI=1S/C21H18ClN5O2/c22-15-6-4-5-14(11-15)12-23-19(28)10-9-18-25-20-17(21(29)26-18)13-24-27(20)16-7-2-1-3-8-16/h1-8,11,13H,9-10,12H2,(H,23,28)(H,25,26,29). The van der Waals surface area contributed by atoms with Gasteiger partial charge in [-0.3, -0.25) is 9.59 Å². The zero-order valence-corrected chi connectivity index (χ0v) is 16.2. The lowest BCUT2D eigenvalue weighted by Gasteiger charge is -2.06. The highest BCUT2D eigenvalue weighted by Gasteiger charge is 2.12. The number of aryl methyl sites for hydroxylation is 1. The van der Waals surface area contributed by atoms with E-state index >= 15 is 0 Å². The van der Waals surface area contributed by atoms with Crippen molar-refractivity contribution >= 4 is 28.5 Å². The molecule has 0 aliphatic heterocycles. The summed E-state index contributed by atoms with van der Waals surface area (Å²) in [5.41, 5.74) is 1.93. The highest BCUT2D eigenvalue weighted by molar-refractivity contribution is 6.30. The van der Waals surface area contributed by atoms with Crippen LogP contribution >= 0.6 is 11.6 Å². The third-order valence-electron chi connectivity index (χ3n) is 4.46. The Morgan fingerprint density at radius 3 is 2.76 bits per heavy atom. The van der Waals surface area contributed by atoms with Crippen LogP contribution in [0.4, 0.5) is 0 Å². The number of aromatic amines is 1. The van der Waals surface area contributed by atoms with E-state index in [1.54, 1.807) is 16.8 Å². The third-order valence-corrected chi connectivity index (χ3v) is 4.69. The number of nitrogens with one attached hydrogen (secondary N) is 2. The van der Waals surface area contributed by atoms with Gasteiger partial charge in [-0.2, -0.15) is 5.10 Å². The SMILES string of the molecule is O=C(CCc1nc2c(cnn2-c2ccccc2)c(=O)[nH]1)NCc1cccc(Cl)c1. The highest BCUT2D eigenvalue weighted by Crippen LogP contribution is 2.14. The molecule has 0 aliphatic carbocycles. The Balaban J connectivity index is 1.47. The van der Waals surface area contributed by atoms with E-state index in [1.165, 1.54) is 6.20 Å². The molecule has 0 bridgehead atoms. The maximum atomic E-state index is 12.4. The number of carbonyl (C=O) groups excluding carboxylic acids is 1. The van der Waals surface area contributed by atoms with Gasteiger partial charge in [0.1, 0.15) is 11.2 Å². The fraction of sp³-hybridized carbons (Fsp3) is 0.143. The van der Waals surface area contributed by atoms with Crippen molar-refractivity contribution in [2.45, 2.75) is 19.4 Å². The zero-order chi connectivity index (χ0) is 20.2. The highest BCUT2D eigenvalue weighted by atomic mass is 35.5. The summed E-state index contributed by atoms with van der Waals surface area (Å²) in [5.74, 6) is 0.308. The van der Waals surface area contributed by atoms with Crippen LogP contribution in [0.2, 0.25) is 5.02 Å². The molecule has 0 saturated carbocycles. The van der Waals surface area contributed by atoms with E-state index in [0.717, 1.165) is 11.3 Å². The van der Waals surface area contributed by atoms with Crippen molar-refractivity contribution in [3.05, 3.63) is 87.6 Å². The molecule has 1 amide bonds. The topological polar surface area (TPSA) is 92.7 Å². The predicted octanol–water partition coefficient (Wildman–Crippen LogP) is 3.01. The van der Waals surface area contributed by atoms with Gasteiger partial charge >= 0.3 is 0 Å². The monoisotopic (exact) mass is 407 g/mol. The maximum absolute atomic E-state index is 12.4. The summed E-state index contributed by atoms with van der Waals surface area (Å²) in [6, 6.07) is 16.8. The summed E-state index contributed by atoms with van der Waals surface area (Å²) < 4.78 is 1.62. The molecule has 2 aromatic carbocycles. The molecule has 2 aromatic heterocycles. The molecule has 29 heavy (non-hydrogen) atoms. The lowest BCUT2D eigenvalue weighted by Crippen LogP contribution is -2.23. The second-order valence-electron chi connectivity index (χ2n) is 6.55. The number of benzene rings is 2. The Kier molecular flexibility index (Phi) is 5.39. The van der Waals surface area contributed by atoms with Gasteiger partial charge < -0.3 is 10.3 Å². The van der Waals surface area contributed by atoms with Crippen LogP contribution in [0.1, 0.15) is 17.8 Å². The molecule has 2 heterocycles. The number of para-hydroxylation sites is 1. The molecule has 0 radical (unpaired) electrons. The van der Waals surface area contributed by atoms with E-state index in [1.807, 2.05) is 42.5 Å². The van der Waals surface area contributed by atoms with Crippen molar-refractivity contribution in [3.63, 3.8) is 0 Å². The van der Waals surface area contributed by atoms with Crippen LogP contribution in [0.5, 0.6) is 0 Å². The van der Waals surface area contributed by atoms with E-state index in [9.17, 15) is 9.59 Å². The molecule has 0 fully saturated rings. The Hall–Kier alpha value is -3.45. The fourth-order valence-electron chi connectivity index (χ4n) is 3.01. The van der Waals surface area contributed by atoms with Crippen LogP contribution in [-0.2, 0) is 17.8 Å².